The van der Waals surface area contributed by atoms with Gasteiger partial charge in [0.25, 0.3) is 5.91 Å². The Kier molecular flexibility index (Phi) is 4.34. The average molecular weight is 339 g/mol. The summed E-state index contributed by atoms with van der Waals surface area (Å²) in [4.78, 5) is 26.3. The standard InChI is InChI=1S/C14H12BrFN2O2/c1-8-4-13(19)11(7-17-8)14(20)18-6-9-5-10(15)2-3-12(9)16/h2-5,7H,6H2,1H3,(H,17,19)(H,18,20). The number of carbonyl (C=O) groups excluding carboxylic acids is 1. The lowest BCUT2D eigenvalue weighted by Gasteiger charge is -2.07. The molecule has 0 aliphatic rings. The Balaban J connectivity index is 2.12. The Morgan fingerprint density at radius 3 is 2.85 bits per heavy atom. The van der Waals surface area contributed by atoms with Gasteiger partial charge in [-0.1, -0.05) is 15.9 Å². The van der Waals surface area contributed by atoms with E-state index < -0.39 is 11.7 Å². The summed E-state index contributed by atoms with van der Waals surface area (Å²) < 4.78 is 14.2. The van der Waals surface area contributed by atoms with Crippen molar-refractivity contribution in [3.05, 3.63) is 67.8 Å². The van der Waals surface area contributed by atoms with E-state index in [1.807, 2.05) is 0 Å². The minimum atomic E-state index is -0.536. The highest BCUT2D eigenvalue weighted by molar-refractivity contribution is 9.10. The van der Waals surface area contributed by atoms with E-state index in [-0.39, 0.29) is 17.5 Å². The van der Waals surface area contributed by atoms with Crippen LogP contribution in [0.5, 0.6) is 0 Å². The molecule has 4 nitrogen and oxygen atoms in total. The molecule has 0 saturated carbocycles. The minimum absolute atomic E-state index is 0.00556. The number of aromatic nitrogens is 1. The summed E-state index contributed by atoms with van der Waals surface area (Å²) in [5.74, 6) is -0.947. The fourth-order valence-corrected chi connectivity index (χ4v) is 2.11. The van der Waals surface area contributed by atoms with Crippen LogP contribution in [0.25, 0.3) is 0 Å². The molecule has 2 rings (SSSR count). The van der Waals surface area contributed by atoms with Gasteiger partial charge in [-0.05, 0) is 25.1 Å². The molecule has 0 fully saturated rings. The van der Waals surface area contributed by atoms with Crippen LogP contribution in [-0.2, 0) is 6.54 Å². The molecule has 104 valence electrons. The minimum Gasteiger partial charge on any atom is -0.364 e. The summed E-state index contributed by atoms with van der Waals surface area (Å²) in [6.07, 6.45) is 1.35. The molecular formula is C14H12BrFN2O2. The maximum atomic E-state index is 13.5. The number of aryl methyl sites for hydroxylation is 1. The number of nitrogens with one attached hydrogen (secondary N) is 2. The largest absolute Gasteiger partial charge is 0.364 e. The van der Waals surface area contributed by atoms with Gasteiger partial charge < -0.3 is 10.3 Å². The second kappa shape index (κ2) is 6.00. The SMILES string of the molecule is Cc1cc(=O)c(C(=O)NCc2cc(Br)ccc2F)c[nH]1. The Hall–Kier alpha value is -1.95. The molecular weight excluding hydrogens is 327 g/mol. The van der Waals surface area contributed by atoms with Crippen LogP contribution in [0.4, 0.5) is 4.39 Å². The van der Waals surface area contributed by atoms with Gasteiger partial charge in [0.15, 0.2) is 5.43 Å². The maximum absolute atomic E-state index is 13.5. The van der Waals surface area contributed by atoms with Crippen LogP contribution in [0, 0.1) is 12.7 Å². The molecule has 1 aromatic heterocycles. The van der Waals surface area contributed by atoms with E-state index in [0.717, 1.165) is 4.47 Å². The fraction of sp³-hybridized carbons (Fsp3) is 0.143. The zero-order valence-corrected chi connectivity index (χ0v) is 12.3. The van der Waals surface area contributed by atoms with Crippen molar-refractivity contribution in [2.75, 3.05) is 0 Å². The Morgan fingerprint density at radius 1 is 1.40 bits per heavy atom. The van der Waals surface area contributed by atoms with Gasteiger partial charge in [-0.25, -0.2) is 4.39 Å². The van der Waals surface area contributed by atoms with Crippen LogP contribution < -0.4 is 10.7 Å². The van der Waals surface area contributed by atoms with E-state index in [4.69, 9.17) is 0 Å². The van der Waals surface area contributed by atoms with Crippen molar-refractivity contribution in [2.45, 2.75) is 13.5 Å². The highest BCUT2D eigenvalue weighted by Gasteiger charge is 2.11. The first-order valence-corrected chi connectivity index (χ1v) is 6.68. The molecule has 2 aromatic rings. The molecule has 0 aliphatic carbocycles. The highest BCUT2D eigenvalue weighted by atomic mass is 79.9. The van der Waals surface area contributed by atoms with Crippen LogP contribution in [0.2, 0.25) is 0 Å². The Bertz CT molecular complexity index is 713. The summed E-state index contributed by atoms with van der Waals surface area (Å²) >= 11 is 3.23. The van der Waals surface area contributed by atoms with Gasteiger partial charge in [-0.3, -0.25) is 9.59 Å². The summed E-state index contributed by atoms with van der Waals surface area (Å²) in [6.45, 7) is 1.73. The van der Waals surface area contributed by atoms with Crippen molar-refractivity contribution in [3.63, 3.8) is 0 Å². The molecule has 0 unspecified atom stereocenters. The van der Waals surface area contributed by atoms with Gasteiger partial charge in [0.05, 0.1) is 0 Å². The second-order valence-electron chi connectivity index (χ2n) is 4.31. The van der Waals surface area contributed by atoms with E-state index >= 15 is 0 Å². The lowest BCUT2D eigenvalue weighted by atomic mass is 10.2. The van der Waals surface area contributed by atoms with Gasteiger partial charge in [0.1, 0.15) is 11.4 Å². The number of aromatic amines is 1. The molecule has 0 spiro atoms. The van der Waals surface area contributed by atoms with E-state index in [2.05, 4.69) is 26.2 Å². The third-order valence-corrected chi connectivity index (χ3v) is 3.24. The van der Waals surface area contributed by atoms with Crippen LogP contribution in [0.15, 0.2) is 39.7 Å². The van der Waals surface area contributed by atoms with Crippen molar-refractivity contribution in [1.82, 2.24) is 10.3 Å². The zero-order chi connectivity index (χ0) is 14.7. The molecule has 6 heteroatoms. The highest BCUT2D eigenvalue weighted by Crippen LogP contribution is 2.15. The lowest BCUT2D eigenvalue weighted by molar-refractivity contribution is 0.0949. The molecule has 1 heterocycles. The van der Waals surface area contributed by atoms with Crippen LogP contribution >= 0.6 is 15.9 Å². The first-order valence-electron chi connectivity index (χ1n) is 5.89. The summed E-state index contributed by atoms with van der Waals surface area (Å²) in [5.41, 5.74) is 0.653. The normalized spacial score (nSPS) is 10.3. The number of rotatable bonds is 3. The van der Waals surface area contributed by atoms with E-state index in [9.17, 15) is 14.0 Å². The third-order valence-electron chi connectivity index (χ3n) is 2.75. The van der Waals surface area contributed by atoms with Crippen LogP contribution in [0.1, 0.15) is 21.6 Å². The monoisotopic (exact) mass is 338 g/mol. The van der Waals surface area contributed by atoms with Gasteiger partial charge in [0.2, 0.25) is 0 Å². The average Bonchev–Trinajstić information content (AvgIpc) is 2.39. The number of benzene rings is 1. The van der Waals surface area contributed by atoms with Gasteiger partial charge >= 0.3 is 0 Å². The lowest BCUT2D eigenvalue weighted by Crippen LogP contribution is -2.28. The van der Waals surface area contributed by atoms with E-state index in [0.29, 0.717) is 11.3 Å². The molecule has 0 bridgehead atoms. The number of carbonyl (C=O) groups is 1. The molecule has 1 aromatic carbocycles. The number of amides is 1. The van der Waals surface area contributed by atoms with Crippen molar-refractivity contribution in [3.8, 4) is 0 Å². The fourth-order valence-electron chi connectivity index (χ4n) is 1.70. The quantitative estimate of drug-likeness (QED) is 0.903. The first-order chi connectivity index (χ1) is 9.47. The smallest absolute Gasteiger partial charge is 0.257 e. The van der Waals surface area contributed by atoms with Gasteiger partial charge in [-0.2, -0.15) is 0 Å². The predicted octanol–water partition coefficient (Wildman–Crippen LogP) is 2.51. The van der Waals surface area contributed by atoms with Crippen LogP contribution in [0.3, 0.4) is 0 Å². The molecule has 0 aliphatic heterocycles. The van der Waals surface area contributed by atoms with Gasteiger partial charge in [0, 0.05) is 34.5 Å². The van der Waals surface area contributed by atoms with Crippen molar-refractivity contribution < 1.29 is 9.18 Å². The van der Waals surface area contributed by atoms with E-state index in [1.165, 1.54) is 18.3 Å². The number of pyridine rings is 1. The van der Waals surface area contributed by atoms with Crippen molar-refractivity contribution in [2.24, 2.45) is 0 Å². The number of H-pyrrole nitrogens is 1. The molecule has 20 heavy (non-hydrogen) atoms. The molecule has 2 N–H and O–H groups in total. The molecule has 0 saturated heterocycles. The number of hydrogen-bond acceptors (Lipinski definition) is 2. The van der Waals surface area contributed by atoms with Crippen molar-refractivity contribution >= 4 is 21.8 Å². The Morgan fingerprint density at radius 2 is 2.15 bits per heavy atom. The Labute approximate surface area is 123 Å². The molecule has 1 amide bonds. The summed E-state index contributed by atoms with van der Waals surface area (Å²) in [7, 11) is 0. The second-order valence-corrected chi connectivity index (χ2v) is 5.23. The first kappa shape index (κ1) is 14.5. The van der Waals surface area contributed by atoms with Crippen LogP contribution in [-0.4, -0.2) is 10.9 Å². The predicted molar refractivity (Wildman–Crippen MR) is 77.1 cm³/mol. The zero-order valence-electron chi connectivity index (χ0n) is 10.7. The topological polar surface area (TPSA) is 62.0 Å². The van der Waals surface area contributed by atoms with Crippen molar-refractivity contribution in [1.29, 1.82) is 0 Å². The molecule has 0 atom stereocenters. The molecule has 0 radical (unpaired) electrons. The van der Waals surface area contributed by atoms with Gasteiger partial charge in [-0.15, -0.1) is 0 Å². The summed E-state index contributed by atoms with van der Waals surface area (Å²) in [5, 5.41) is 2.52. The maximum Gasteiger partial charge on any atom is 0.257 e. The third kappa shape index (κ3) is 3.33. The number of halogens is 2. The van der Waals surface area contributed by atoms with E-state index in [1.54, 1.807) is 19.1 Å². The number of hydrogen-bond donors (Lipinski definition) is 2. The summed E-state index contributed by atoms with van der Waals surface area (Å²) in [6, 6.07) is 5.80.